The zero-order chi connectivity index (χ0) is 14.4. The summed E-state index contributed by atoms with van der Waals surface area (Å²) in [5.41, 5.74) is 1.01. The van der Waals surface area contributed by atoms with Gasteiger partial charge in [-0.15, -0.1) is 0 Å². The van der Waals surface area contributed by atoms with Gasteiger partial charge in [0.2, 0.25) is 4.77 Å². The number of nitrogens with zero attached hydrogens (tertiary/aromatic N) is 4. The molecule has 0 fully saturated rings. The summed E-state index contributed by atoms with van der Waals surface area (Å²) in [5.74, 6) is 0.770. The fourth-order valence-corrected chi connectivity index (χ4v) is 2.11. The van der Waals surface area contributed by atoms with Gasteiger partial charge in [-0.25, -0.2) is 4.68 Å². The number of H-pyrrole nitrogens is 1. The number of benzene rings is 1. The first-order chi connectivity index (χ1) is 9.74. The summed E-state index contributed by atoms with van der Waals surface area (Å²) >= 11 is 5.28. The second-order valence-corrected chi connectivity index (χ2v) is 4.77. The van der Waals surface area contributed by atoms with E-state index in [1.54, 1.807) is 0 Å². The van der Waals surface area contributed by atoms with Crippen molar-refractivity contribution in [2.75, 3.05) is 13.1 Å². The molecule has 0 radical (unpaired) electrons. The molecule has 0 atom stereocenters. The molecule has 6 heteroatoms. The van der Waals surface area contributed by atoms with Crippen LogP contribution in [0.2, 0.25) is 0 Å². The summed E-state index contributed by atoms with van der Waals surface area (Å²) in [6.07, 6.45) is 0.515. The van der Waals surface area contributed by atoms with Crippen molar-refractivity contribution in [3.8, 4) is 17.5 Å². The Morgan fingerprint density at radius 2 is 2.15 bits per heavy atom. The van der Waals surface area contributed by atoms with E-state index in [4.69, 9.17) is 17.5 Å². The molecule has 0 saturated heterocycles. The fraction of sp³-hybridized carbons (Fsp3) is 0.357. The van der Waals surface area contributed by atoms with Crippen molar-refractivity contribution < 1.29 is 0 Å². The smallest absolute Gasteiger partial charge is 0.217 e. The first-order valence-corrected chi connectivity index (χ1v) is 6.97. The van der Waals surface area contributed by atoms with Crippen LogP contribution in [0, 0.1) is 16.1 Å². The molecule has 1 heterocycles. The van der Waals surface area contributed by atoms with Crippen molar-refractivity contribution in [3.63, 3.8) is 0 Å². The molecule has 1 aromatic carbocycles. The van der Waals surface area contributed by atoms with Gasteiger partial charge < -0.3 is 0 Å². The third-order valence-corrected chi connectivity index (χ3v) is 3.37. The van der Waals surface area contributed by atoms with E-state index in [0.29, 0.717) is 17.9 Å². The highest BCUT2D eigenvalue weighted by Crippen LogP contribution is 2.13. The number of nitrogens with one attached hydrogen (secondary N) is 1. The van der Waals surface area contributed by atoms with Crippen molar-refractivity contribution in [2.45, 2.75) is 20.0 Å². The van der Waals surface area contributed by atoms with Crippen molar-refractivity contribution in [1.29, 1.82) is 5.26 Å². The lowest BCUT2D eigenvalue weighted by Crippen LogP contribution is -2.27. The topological polar surface area (TPSA) is 60.6 Å². The predicted molar refractivity (Wildman–Crippen MR) is 80.3 cm³/mol. The molecule has 0 unspecified atom stereocenters. The zero-order valence-electron chi connectivity index (χ0n) is 11.4. The number of aromatic amines is 1. The minimum Gasteiger partial charge on any atom is -0.284 e. The lowest BCUT2D eigenvalue weighted by atomic mass is 10.2. The molecule has 2 rings (SSSR count). The molecule has 5 nitrogen and oxygen atoms in total. The molecular formula is C14H17N5S. The fourth-order valence-electron chi connectivity index (χ4n) is 1.91. The molecule has 0 aliphatic rings. The Balaban J connectivity index is 2.16. The summed E-state index contributed by atoms with van der Waals surface area (Å²) in [6, 6.07) is 12.0. The summed E-state index contributed by atoms with van der Waals surface area (Å²) in [5, 5.41) is 11.9. The van der Waals surface area contributed by atoms with E-state index in [1.165, 1.54) is 0 Å². The Hall–Kier alpha value is -1.97. The van der Waals surface area contributed by atoms with E-state index >= 15 is 0 Å². The SMILES string of the molecule is CCN(CCC#N)Cn1[nH]c(-c2ccccc2)nc1=S. The highest BCUT2D eigenvalue weighted by Gasteiger charge is 2.08. The maximum absolute atomic E-state index is 8.66. The first kappa shape index (κ1) is 14.4. The Bertz CT molecular complexity index is 638. The van der Waals surface area contributed by atoms with Crippen LogP contribution < -0.4 is 0 Å². The Morgan fingerprint density at radius 3 is 2.80 bits per heavy atom. The van der Waals surface area contributed by atoms with E-state index in [2.05, 4.69) is 28.0 Å². The van der Waals surface area contributed by atoms with Gasteiger partial charge in [0.25, 0.3) is 0 Å². The van der Waals surface area contributed by atoms with Crippen LogP contribution in [0.5, 0.6) is 0 Å². The van der Waals surface area contributed by atoms with Crippen LogP contribution in [-0.2, 0) is 6.67 Å². The van der Waals surface area contributed by atoms with Crippen LogP contribution in [0.15, 0.2) is 30.3 Å². The normalized spacial score (nSPS) is 10.7. The minimum atomic E-state index is 0.515. The van der Waals surface area contributed by atoms with Gasteiger partial charge in [-0.05, 0) is 18.8 Å². The lowest BCUT2D eigenvalue weighted by Gasteiger charge is -2.18. The first-order valence-electron chi connectivity index (χ1n) is 6.56. The monoisotopic (exact) mass is 287 g/mol. The molecule has 0 saturated carbocycles. The summed E-state index contributed by atoms with van der Waals surface area (Å²) < 4.78 is 2.36. The number of nitriles is 1. The van der Waals surface area contributed by atoms with Crippen molar-refractivity contribution in [2.24, 2.45) is 0 Å². The number of hydrogen-bond acceptors (Lipinski definition) is 4. The molecule has 0 spiro atoms. The third kappa shape index (κ3) is 3.53. The number of aromatic nitrogens is 3. The number of rotatable bonds is 6. The highest BCUT2D eigenvalue weighted by molar-refractivity contribution is 7.71. The van der Waals surface area contributed by atoms with Gasteiger partial charge >= 0.3 is 0 Å². The Morgan fingerprint density at radius 1 is 1.40 bits per heavy atom. The van der Waals surface area contributed by atoms with Crippen LogP contribution >= 0.6 is 12.2 Å². The maximum atomic E-state index is 8.66. The second kappa shape index (κ2) is 6.98. The molecule has 0 aliphatic carbocycles. The van der Waals surface area contributed by atoms with Gasteiger partial charge in [-0.3, -0.25) is 10.00 Å². The average Bonchev–Trinajstić information content (AvgIpc) is 2.85. The van der Waals surface area contributed by atoms with Crippen LogP contribution in [-0.4, -0.2) is 32.8 Å². The van der Waals surface area contributed by atoms with Gasteiger partial charge in [-0.2, -0.15) is 10.2 Å². The average molecular weight is 287 g/mol. The molecule has 2 aromatic rings. The van der Waals surface area contributed by atoms with Gasteiger partial charge in [0.1, 0.15) is 0 Å². The molecular weight excluding hydrogens is 270 g/mol. The summed E-state index contributed by atoms with van der Waals surface area (Å²) in [4.78, 5) is 6.52. The Kier molecular flexibility index (Phi) is 5.04. The van der Waals surface area contributed by atoms with Gasteiger partial charge in [0, 0.05) is 18.5 Å². The molecule has 0 bridgehead atoms. The van der Waals surface area contributed by atoms with Gasteiger partial charge in [-0.1, -0.05) is 37.3 Å². The molecule has 0 amide bonds. The molecule has 1 N–H and O–H groups in total. The van der Waals surface area contributed by atoms with Gasteiger partial charge in [0.15, 0.2) is 5.82 Å². The molecule has 104 valence electrons. The van der Waals surface area contributed by atoms with Crippen molar-refractivity contribution >= 4 is 12.2 Å². The van der Waals surface area contributed by atoms with E-state index in [-0.39, 0.29) is 0 Å². The van der Waals surface area contributed by atoms with E-state index in [9.17, 15) is 0 Å². The minimum absolute atomic E-state index is 0.515. The predicted octanol–water partition coefficient (Wildman–Crippen LogP) is 2.80. The Labute approximate surface area is 123 Å². The quantitative estimate of drug-likeness (QED) is 0.830. The van der Waals surface area contributed by atoms with E-state index < -0.39 is 0 Å². The number of hydrogen-bond donors (Lipinski definition) is 1. The highest BCUT2D eigenvalue weighted by atomic mass is 32.1. The van der Waals surface area contributed by atoms with Crippen molar-refractivity contribution in [3.05, 3.63) is 35.1 Å². The molecule has 20 heavy (non-hydrogen) atoms. The maximum Gasteiger partial charge on any atom is 0.217 e. The van der Waals surface area contributed by atoms with Crippen LogP contribution in [0.4, 0.5) is 0 Å². The van der Waals surface area contributed by atoms with Crippen molar-refractivity contribution in [1.82, 2.24) is 19.7 Å². The van der Waals surface area contributed by atoms with Gasteiger partial charge in [0.05, 0.1) is 12.7 Å². The standard InChI is InChI=1S/C14H17N5S/c1-2-18(10-6-9-15)11-19-14(20)16-13(17-19)12-7-4-3-5-8-12/h3-5,7-8H,2,6,10-11H2,1H3,(H,16,17,20). The van der Waals surface area contributed by atoms with Crippen LogP contribution in [0.3, 0.4) is 0 Å². The summed E-state index contributed by atoms with van der Waals surface area (Å²) in [7, 11) is 0. The van der Waals surface area contributed by atoms with Crippen LogP contribution in [0.25, 0.3) is 11.4 Å². The van der Waals surface area contributed by atoms with E-state index in [0.717, 1.165) is 24.5 Å². The van der Waals surface area contributed by atoms with E-state index in [1.807, 2.05) is 35.0 Å². The third-order valence-electron chi connectivity index (χ3n) is 3.05. The molecule has 1 aromatic heterocycles. The zero-order valence-corrected chi connectivity index (χ0v) is 12.2. The summed E-state index contributed by atoms with van der Waals surface area (Å²) in [6.45, 7) is 4.28. The molecule has 0 aliphatic heterocycles. The lowest BCUT2D eigenvalue weighted by molar-refractivity contribution is 0.221. The second-order valence-electron chi connectivity index (χ2n) is 4.41. The largest absolute Gasteiger partial charge is 0.284 e. The van der Waals surface area contributed by atoms with Crippen LogP contribution in [0.1, 0.15) is 13.3 Å².